The maximum atomic E-state index is 5.23. The molecule has 7 aromatic rings. The van der Waals surface area contributed by atoms with Gasteiger partial charge in [0.05, 0.1) is 64.3 Å². The van der Waals surface area contributed by atoms with Crippen molar-refractivity contribution in [2.75, 3.05) is 0 Å². The summed E-state index contributed by atoms with van der Waals surface area (Å²) in [6.45, 7) is 0. The largest absolute Gasteiger partial charge is 1.00 e. The standard InChI is InChI=1S/C32H18N8S4.ClH.Mn/c1-2-18-30(26-10-34-14-42-26)20-5-6-22(39-20)32(28-12-36-16-44-28)24-8-7-23(40-24)31(27-11-35-15-43-27)21-4-3-19(38-21)29(17(1)37-18)25-9-33-13-41-25;;/h1-16,37,40H;1H;/p-1. The van der Waals surface area contributed by atoms with Gasteiger partial charge in [0.1, 0.15) is 0 Å². The molecule has 9 heterocycles. The van der Waals surface area contributed by atoms with Crippen LogP contribution in [0, 0.1) is 0 Å². The van der Waals surface area contributed by atoms with Gasteiger partial charge in [-0.3, -0.25) is 19.9 Å². The number of H-pyrrole nitrogens is 2. The molecule has 14 heteroatoms. The zero-order valence-electron chi connectivity index (χ0n) is 23.3. The van der Waals surface area contributed by atoms with E-state index in [0.717, 1.165) is 86.6 Å². The number of hydrogen-bond acceptors (Lipinski definition) is 10. The van der Waals surface area contributed by atoms with Crippen molar-refractivity contribution in [1.29, 1.82) is 0 Å². The molecule has 8 nitrogen and oxygen atoms in total. The second kappa shape index (κ2) is 12.6. The number of fused-ring (bicyclic) bond motifs is 8. The molecule has 46 heavy (non-hydrogen) atoms. The first-order valence-electron chi connectivity index (χ1n) is 13.5. The van der Waals surface area contributed by atoms with Crippen LogP contribution in [-0.2, 0) is 17.1 Å². The zero-order chi connectivity index (χ0) is 29.0. The summed E-state index contributed by atoms with van der Waals surface area (Å²) in [7, 11) is 0. The van der Waals surface area contributed by atoms with Gasteiger partial charge < -0.3 is 22.4 Å². The number of thiazole rings is 4. The Bertz CT molecular complexity index is 2060. The Hall–Kier alpha value is -4.07. The third-order valence-electron chi connectivity index (χ3n) is 7.47. The number of halogens is 1. The van der Waals surface area contributed by atoms with Crippen LogP contribution in [0.25, 0.3) is 88.1 Å². The third kappa shape index (κ3) is 5.19. The first kappa shape index (κ1) is 30.6. The first-order valence-corrected chi connectivity index (χ1v) is 17.0. The molecule has 7 aromatic heterocycles. The van der Waals surface area contributed by atoms with E-state index in [1.807, 2.05) is 46.8 Å². The van der Waals surface area contributed by atoms with Crippen LogP contribution in [0.1, 0.15) is 22.8 Å². The van der Waals surface area contributed by atoms with Crippen LogP contribution in [0.15, 0.2) is 71.1 Å². The Morgan fingerprint density at radius 3 is 0.891 bits per heavy atom. The molecule has 0 spiro atoms. The summed E-state index contributed by atoms with van der Waals surface area (Å²) in [5, 5.41) is 0. The van der Waals surface area contributed by atoms with Gasteiger partial charge in [0.15, 0.2) is 0 Å². The second-order valence-electron chi connectivity index (χ2n) is 9.97. The van der Waals surface area contributed by atoms with Crippen molar-refractivity contribution in [2.24, 2.45) is 0 Å². The molecule has 0 unspecified atom stereocenters. The number of hydrogen-bond donors (Lipinski definition) is 2. The molecule has 8 bridgehead atoms. The zero-order valence-corrected chi connectivity index (χ0v) is 28.5. The Morgan fingerprint density at radius 2 is 0.674 bits per heavy atom. The molecule has 2 N–H and O–H groups in total. The average Bonchev–Trinajstić information content (AvgIpc) is 3.90. The van der Waals surface area contributed by atoms with Gasteiger partial charge in [0.25, 0.3) is 0 Å². The van der Waals surface area contributed by atoms with Gasteiger partial charge in [-0.1, -0.05) is 0 Å². The molecular weight excluding hydrogens is 715 g/mol. The molecular formula is C32H18ClMnN8S4-. The minimum atomic E-state index is 0. The quantitative estimate of drug-likeness (QED) is 0.210. The molecule has 9 rings (SSSR count). The van der Waals surface area contributed by atoms with Crippen molar-refractivity contribution in [3.63, 3.8) is 0 Å². The second-order valence-corrected chi connectivity index (χ2v) is 13.5. The van der Waals surface area contributed by atoms with E-state index in [2.05, 4.69) is 78.5 Å². The number of aromatic amines is 2. The van der Waals surface area contributed by atoms with E-state index in [4.69, 9.17) is 9.97 Å². The summed E-state index contributed by atoms with van der Waals surface area (Å²) >= 11 is 6.37. The van der Waals surface area contributed by atoms with Crippen molar-refractivity contribution in [3.8, 4) is 41.8 Å². The number of nitrogens with one attached hydrogen (secondary N) is 2. The van der Waals surface area contributed by atoms with Crippen LogP contribution >= 0.6 is 45.3 Å². The van der Waals surface area contributed by atoms with E-state index in [-0.39, 0.29) is 29.5 Å². The molecule has 0 fully saturated rings. The fourth-order valence-corrected chi connectivity index (χ4v) is 8.36. The summed E-state index contributed by atoms with van der Waals surface area (Å²) in [6.07, 6.45) is 15.9. The Morgan fingerprint density at radius 1 is 0.413 bits per heavy atom. The molecule has 0 aliphatic carbocycles. The average molecular weight is 733 g/mol. The van der Waals surface area contributed by atoms with Gasteiger partial charge in [0, 0.05) is 86.2 Å². The number of nitrogens with zero attached hydrogens (tertiary/aromatic N) is 6. The summed E-state index contributed by atoms with van der Waals surface area (Å²) in [5.74, 6) is 0. The molecule has 0 aromatic carbocycles. The van der Waals surface area contributed by atoms with E-state index in [1.54, 1.807) is 45.3 Å². The van der Waals surface area contributed by atoms with Crippen molar-refractivity contribution in [2.45, 2.75) is 0 Å². The maximum Gasteiger partial charge on any atom is 0.0798 e. The monoisotopic (exact) mass is 732 g/mol. The fraction of sp³-hybridized carbons (Fsp3) is 0. The van der Waals surface area contributed by atoms with Crippen LogP contribution in [0.2, 0.25) is 0 Å². The predicted octanol–water partition coefficient (Wildman–Crippen LogP) is 6.15. The Balaban J connectivity index is 0.00000169. The normalized spacial score (nSPS) is 11.8. The number of rotatable bonds is 4. The van der Waals surface area contributed by atoms with Crippen molar-refractivity contribution < 1.29 is 29.5 Å². The van der Waals surface area contributed by atoms with E-state index in [1.165, 1.54) is 0 Å². The van der Waals surface area contributed by atoms with Crippen LogP contribution in [0.3, 0.4) is 0 Å². The van der Waals surface area contributed by atoms with Crippen LogP contribution in [0.5, 0.6) is 0 Å². The molecule has 2 aliphatic heterocycles. The summed E-state index contributed by atoms with van der Waals surface area (Å²) in [4.78, 5) is 39.6. The van der Waals surface area contributed by atoms with Gasteiger partial charge >= 0.3 is 0 Å². The van der Waals surface area contributed by atoms with Crippen molar-refractivity contribution in [1.82, 2.24) is 39.9 Å². The molecule has 225 valence electrons. The van der Waals surface area contributed by atoms with Gasteiger partial charge in [0.2, 0.25) is 0 Å². The molecule has 1 radical (unpaired) electrons. The molecule has 0 saturated heterocycles. The summed E-state index contributed by atoms with van der Waals surface area (Å²) < 4.78 is 0. The van der Waals surface area contributed by atoms with Gasteiger partial charge in [-0.25, -0.2) is 9.97 Å². The fourth-order valence-electron chi connectivity index (χ4n) is 5.60. The van der Waals surface area contributed by atoms with E-state index >= 15 is 0 Å². The minimum Gasteiger partial charge on any atom is -1.00 e. The minimum absolute atomic E-state index is 0. The van der Waals surface area contributed by atoms with Crippen molar-refractivity contribution >= 4 is 91.7 Å². The number of aromatic nitrogens is 8. The predicted molar refractivity (Wildman–Crippen MR) is 183 cm³/mol. The molecule has 2 aliphatic rings. The van der Waals surface area contributed by atoms with E-state index < -0.39 is 0 Å². The van der Waals surface area contributed by atoms with E-state index in [9.17, 15) is 0 Å². The van der Waals surface area contributed by atoms with Crippen LogP contribution in [0.4, 0.5) is 0 Å². The van der Waals surface area contributed by atoms with E-state index in [0.29, 0.717) is 0 Å². The topological polar surface area (TPSA) is 109 Å². The molecule has 0 atom stereocenters. The molecule has 0 saturated carbocycles. The molecule has 0 amide bonds. The van der Waals surface area contributed by atoms with Crippen molar-refractivity contribution in [3.05, 3.63) is 93.9 Å². The third-order valence-corrected chi connectivity index (χ3v) is 10.6. The summed E-state index contributed by atoms with van der Waals surface area (Å²) in [6, 6.07) is 8.45. The Labute approximate surface area is 294 Å². The smallest absolute Gasteiger partial charge is 0.0798 e. The SMILES string of the molecule is C1=Cc2nc1c(-c1cncs1)c1ccc([nH]1)c(-c1cncs1)c1nc(c(-c3cncs3)c3ccc([nH]3)c2-c2cncs2)C=C1.[Cl-].[Mn]. The van der Waals surface area contributed by atoms with Gasteiger partial charge in [-0.05, 0) is 48.6 Å². The van der Waals surface area contributed by atoms with Crippen LogP contribution < -0.4 is 12.4 Å². The van der Waals surface area contributed by atoms with Crippen LogP contribution in [-0.4, -0.2) is 39.9 Å². The van der Waals surface area contributed by atoms with Gasteiger partial charge in [-0.2, -0.15) is 0 Å². The first-order chi connectivity index (χ1) is 21.8. The van der Waals surface area contributed by atoms with Gasteiger partial charge in [-0.15, -0.1) is 45.3 Å². The maximum absolute atomic E-state index is 5.23. The Kier molecular flexibility index (Phi) is 8.38. The summed E-state index contributed by atoms with van der Waals surface area (Å²) in [5.41, 5.74) is 18.7.